The summed E-state index contributed by atoms with van der Waals surface area (Å²) in [6.07, 6.45) is 0. The molecule has 0 N–H and O–H groups in total. The Hall–Kier alpha value is -1.39. The predicted octanol–water partition coefficient (Wildman–Crippen LogP) is 3.00. The second-order valence-electron chi connectivity index (χ2n) is 3.83. The van der Waals surface area contributed by atoms with Crippen molar-refractivity contribution in [2.45, 2.75) is 20.4 Å². The Bertz CT molecular complexity index is 454. The molecule has 0 bridgehead atoms. The SMILES string of the molecule is CCN(CC)Cc1nnc(-c2ccccc2)o1.Cl. The Labute approximate surface area is 113 Å². The molecule has 0 radical (unpaired) electrons. The largest absolute Gasteiger partial charge is 0.419 e. The van der Waals surface area contributed by atoms with Crippen molar-refractivity contribution in [2.24, 2.45) is 0 Å². The van der Waals surface area contributed by atoms with Gasteiger partial charge < -0.3 is 4.42 Å². The third-order valence-corrected chi connectivity index (χ3v) is 2.74. The quantitative estimate of drug-likeness (QED) is 0.835. The van der Waals surface area contributed by atoms with Gasteiger partial charge in [-0.1, -0.05) is 32.0 Å². The lowest BCUT2D eigenvalue weighted by atomic mass is 10.2. The molecule has 0 spiro atoms. The van der Waals surface area contributed by atoms with E-state index >= 15 is 0 Å². The summed E-state index contributed by atoms with van der Waals surface area (Å²) in [4.78, 5) is 2.24. The Morgan fingerprint density at radius 2 is 1.72 bits per heavy atom. The maximum Gasteiger partial charge on any atom is 0.247 e. The number of halogens is 1. The van der Waals surface area contributed by atoms with Crippen LogP contribution in [0.4, 0.5) is 0 Å². The summed E-state index contributed by atoms with van der Waals surface area (Å²) in [6, 6.07) is 9.83. The van der Waals surface area contributed by atoms with Crippen LogP contribution in [0.1, 0.15) is 19.7 Å². The summed E-state index contributed by atoms with van der Waals surface area (Å²) in [5.41, 5.74) is 0.964. The van der Waals surface area contributed by atoms with Crippen LogP contribution < -0.4 is 0 Å². The molecule has 0 fully saturated rings. The second-order valence-corrected chi connectivity index (χ2v) is 3.83. The maximum atomic E-state index is 5.64. The second kappa shape index (κ2) is 7.13. The lowest BCUT2D eigenvalue weighted by Gasteiger charge is -2.14. The Morgan fingerprint density at radius 1 is 1.06 bits per heavy atom. The average Bonchev–Trinajstić information content (AvgIpc) is 2.85. The molecule has 0 atom stereocenters. The predicted molar refractivity (Wildman–Crippen MR) is 73.6 cm³/mol. The molecule has 0 aliphatic rings. The van der Waals surface area contributed by atoms with Crippen LogP contribution in [-0.2, 0) is 6.54 Å². The summed E-state index contributed by atoms with van der Waals surface area (Å²) >= 11 is 0. The van der Waals surface area contributed by atoms with E-state index in [9.17, 15) is 0 Å². The molecule has 0 aliphatic carbocycles. The number of hydrogen-bond donors (Lipinski definition) is 0. The van der Waals surface area contributed by atoms with E-state index in [4.69, 9.17) is 4.42 Å². The van der Waals surface area contributed by atoms with Gasteiger partial charge in [-0.25, -0.2) is 0 Å². The van der Waals surface area contributed by atoms with Crippen molar-refractivity contribution in [1.82, 2.24) is 15.1 Å². The van der Waals surface area contributed by atoms with E-state index in [0.717, 1.165) is 18.7 Å². The molecular weight excluding hydrogens is 250 g/mol. The van der Waals surface area contributed by atoms with Gasteiger partial charge in [-0.15, -0.1) is 22.6 Å². The van der Waals surface area contributed by atoms with Crippen LogP contribution in [0.15, 0.2) is 34.7 Å². The molecule has 2 rings (SSSR count). The van der Waals surface area contributed by atoms with Crippen LogP contribution in [0.3, 0.4) is 0 Å². The summed E-state index contributed by atoms with van der Waals surface area (Å²) in [7, 11) is 0. The summed E-state index contributed by atoms with van der Waals surface area (Å²) < 4.78 is 5.64. The van der Waals surface area contributed by atoms with Gasteiger partial charge in [0.05, 0.1) is 6.54 Å². The van der Waals surface area contributed by atoms with E-state index in [1.165, 1.54) is 0 Å². The van der Waals surface area contributed by atoms with Crippen LogP contribution >= 0.6 is 12.4 Å². The zero-order valence-electron chi connectivity index (χ0n) is 10.7. The highest BCUT2D eigenvalue weighted by Crippen LogP contribution is 2.17. The fraction of sp³-hybridized carbons (Fsp3) is 0.385. The first-order valence-corrected chi connectivity index (χ1v) is 5.93. The minimum absolute atomic E-state index is 0. The first-order valence-electron chi connectivity index (χ1n) is 5.93. The minimum Gasteiger partial charge on any atom is -0.419 e. The van der Waals surface area contributed by atoms with E-state index < -0.39 is 0 Å². The fourth-order valence-electron chi connectivity index (χ4n) is 1.65. The molecule has 2 aromatic rings. The number of benzene rings is 1. The molecular formula is C13H18ClN3O. The number of hydrogen-bond acceptors (Lipinski definition) is 4. The normalized spacial score (nSPS) is 10.4. The molecule has 0 aliphatic heterocycles. The van der Waals surface area contributed by atoms with Gasteiger partial charge in [-0.05, 0) is 25.2 Å². The Morgan fingerprint density at radius 3 is 2.33 bits per heavy atom. The highest BCUT2D eigenvalue weighted by atomic mass is 35.5. The third-order valence-electron chi connectivity index (χ3n) is 2.74. The Balaban J connectivity index is 0.00000162. The van der Waals surface area contributed by atoms with Crippen molar-refractivity contribution in [2.75, 3.05) is 13.1 Å². The molecule has 0 unspecified atom stereocenters. The van der Waals surface area contributed by atoms with Crippen molar-refractivity contribution in [3.05, 3.63) is 36.2 Å². The summed E-state index contributed by atoms with van der Waals surface area (Å²) in [6.45, 7) is 6.93. The van der Waals surface area contributed by atoms with Crippen molar-refractivity contribution in [3.8, 4) is 11.5 Å². The van der Waals surface area contributed by atoms with E-state index in [2.05, 4.69) is 28.9 Å². The molecule has 5 heteroatoms. The van der Waals surface area contributed by atoms with Crippen LogP contribution in [0, 0.1) is 0 Å². The lowest BCUT2D eigenvalue weighted by molar-refractivity contribution is 0.264. The number of nitrogens with zero attached hydrogens (tertiary/aromatic N) is 3. The highest BCUT2D eigenvalue weighted by Gasteiger charge is 2.10. The van der Waals surface area contributed by atoms with Crippen molar-refractivity contribution in [3.63, 3.8) is 0 Å². The van der Waals surface area contributed by atoms with E-state index in [1.807, 2.05) is 30.3 Å². The Kier molecular flexibility index (Phi) is 5.82. The van der Waals surface area contributed by atoms with Crippen LogP contribution in [0.25, 0.3) is 11.5 Å². The van der Waals surface area contributed by atoms with E-state index in [0.29, 0.717) is 18.3 Å². The summed E-state index contributed by atoms with van der Waals surface area (Å²) in [5.74, 6) is 1.26. The zero-order valence-corrected chi connectivity index (χ0v) is 11.5. The molecule has 0 saturated heterocycles. The van der Waals surface area contributed by atoms with Crippen LogP contribution in [0.2, 0.25) is 0 Å². The van der Waals surface area contributed by atoms with Crippen LogP contribution in [-0.4, -0.2) is 28.2 Å². The summed E-state index contributed by atoms with van der Waals surface area (Å²) in [5, 5.41) is 8.13. The average molecular weight is 268 g/mol. The minimum atomic E-state index is 0. The van der Waals surface area contributed by atoms with Gasteiger partial charge in [0, 0.05) is 5.56 Å². The first-order chi connectivity index (χ1) is 8.33. The standard InChI is InChI=1S/C13H17N3O.ClH/c1-3-16(4-2)10-12-14-15-13(17-12)11-8-6-5-7-9-11;/h5-9H,3-4,10H2,1-2H3;1H. The zero-order chi connectivity index (χ0) is 12.1. The van der Waals surface area contributed by atoms with Gasteiger partial charge in [-0.3, -0.25) is 4.90 Å². The van der Waals surface area contributed by atoms with Gasteiger partial charge >= 0.3 is 0 Å². The van der Waals surface area contributed by atoms with Gasteiger partial charge in [0.2, 0.25) is 11.8 Å². The van der Waals surface area contributed by atoms with Crippen LogP contribution in [0.5, 0.6) is 0 Å². The monoisotopic (exact) mass is 267 g/mol. The molecule has 1 aromatic carbocycles. The molecule has 0 saturated carbocycles. The lowest BCUT2D eigenvalue weighted by Crippen LogP contribution is -2.22. The molecule has 0 amide bonds. The van der Waals surface area contributed by atoms with E-state index in [1.54, 1.807) is 0 Å². The first kappa shape index (κ1) is 14.7. The van der Waals surface area contributed by atoms with Gasteiger partial charge in [0.15, 0.2) is 0 Å². The topological polar surface area (TPSA) is 42.2 Å². The molecule has 1 aromatic heterocycles. The molecule has 18 heavy (non-hydrogen) atoms. The van der Waals surface area contributed by atoms with Crippen molar-refractivity contribution >= 4 is 12.4 Å². The van der Waals surface area contributed by atoms with Gasteiger partial charge in [0.25, 0.3) is 0 Å². The smallest absolute Gasteiger partial charge is 0.247 e. The maximum absolute atomic E-state index is 5.64. The van der Waals surface area contributed by atoms with Crippen molar-refractivity contribution < 1.29 is 4.42 Å². The molecule has 98 valence electrons. The van der Waals surface area contributed by atoms with Gasteiger partial charge in [-0.2, -0.15) is 0 Å². The third kappa shape index (κ3) is 3.55. The fourth-order valence-corrected chi connectivity index (χ4v) is 1.65. The van der Waals surface area contributed by atoms with E-state index in [-0.39, 0.29) is 12.4 Å². The molecule has 4 nitrogen and oxygen atoms in total. The van der Waals surface area contributed by atoms with Crippen molar-refractivity contribution in [1.29, 1.82) is 0 Å². The highest BCUT2D eigenvalue weighted by molar-refractivity contribution is 5.85. The number of rotatable bonds is 5. The molecule has 1 heterocycles. The van der Waals surface area contributed by atoms with Gasteiger partial charge in [0.1, 0.15) is 0 Å². The number of aromatic nitrogens is 2.